The van der Waals surface area contributed by atoms with Crippen LogP contribution in [-0.2, 0) is 14.4 Å². The number of likely N-dealkylation sites (tertiary alicyclic amines) is 1. The summed E-state index contributed by atoms with van der Waals surface area (Å²) in [6, 6.07) is 6.96. The quantitative estimate of drug-likeness (QED) is 0.873. The van der Waals surface area contributed by atoms with Gasteiger partial charge in [0.2, 0.25) is 11.8 Å². The first-order chi connectivity index (χ1) is 12.0. The van der Waals surface area contributed by atoms with Crippen molar-refractivity contribution in [1.29, 1.82) is 0 Å². The molecule has 1 N–H and O–H groups in total. The van der Waals surface area contributed by atoms with Gasteiger partial charge in [-0.05, 0) is 25.0 Å². The Kier molecular flexibility index (Phi) is 4.92. The highest BCUT2D eigenvalue weighted by Gasteiger charge is 2.41. The Balaban J connectivity index is 1.74. The first-order valence-electron chi connectivity index (χ1n) is 8.47. The maximum absolute atomic E-state index is 12.8. The largest absolute Gasteiger partial charge is 0.495 e. The van der Waals surface area contributed by atoms with Gasteiger partial charge in [0.15, 0.2) is 0 Å². The van der Waals surface area contributed by atoms with Crippen molar-refractivity contribution in [2.45, 2.75) is 31.7 Å². The lowest BCUT2D eigenvalue weighted by Crippen LogP contribution is -2.41. The lowest BCUT2D eigenvalue weighted by atomic mass is 10.1. The molecule has 3 rings (SSSR count). The molecule has 2 unspecified atom stereocenters. The van der Waals surface area contributed by atoms with E-state index in [0.29, 0.717) is 30.9 Å². The van der Waals surface area contributed by atoms with Crippen LogP contribution >= 0.6 is 0 Å². The van der Waals surface area contributed by atoms with E-state index in [1.807, 2.05) is 12.1 Å². The highest BCUT2D eigenvalue weighted by molar-refractivity contribution is 6.01. The number of rotatable bonds is 5. The molecule has 0 radical (unpaired) electrons. The minimum atomic E-state index is -0.900. The molecule has 7 heteroatoms. The van der Waals surface area contributed by atoms with Crippen LogP contribution in [0.15, 0.2) is 24.3 Å². The van der Waals surface area contributed by atoms with Crippen molar-refractivity contribution >= 4 is 23.5 Å². The number of amides is 2. The number of hydrogen-bond acceptors (Lipinski definition) is 4. The van der Waals surface area contributed by atoms with Crippen molar-refractivity contribution in [3.63, 3.8) is 0 Å². The molecule has 0 saturated carbocycles. The molecule has 1 aromatic carbocycles. The number of carbonyl (C=O) groups is 3. The van der Waals surface area contributed by atoms with E-state index in [0.717, 1.165) is 6.42 Å². The Bertz CT molecular complexity index is 690. The zero-order valence-electron chi connectivity index (χ0n) is 14.2. The van der Waals surface area contributed by atoms with Crippen LogP contribution in [0.4, 0.5) is 5.69 Å². The molecule has 2 aliphatic heterocycles. The number of carbonyl (C=O) groups excluding carboxylic acids is 2. The zero-order valence-corrected chi connectivity index (χ0v) is 14.2. The predicted molar refractivity (Wildman–Crippen MR) is 90.4 cm³/mol. The molecular weight excluding hydrogens is 324 g/mol. The van der Waals surface area contributed by atoms with E-state index in [2.05, 4.69) is 0 Å². The maximum atomic E-state index is 12.8. The van der Waals surface area contributed by atoms with Crippen LogP contribution < -0.4 is 9.64 Å². The molecule has 7 nitrogen and oxygen atoms in total. The monoisotopic (exact) mass is 346 g/mol. The van der Waals surface area contributed by atoms with Crippen molar-refractivity contribution in [3.05, 3.63) is 24.3 Å². The average molecular weight is 346 g/mol. The topological polar surface area (TPSA) is 87.2 Å². The third-order valence-corrected chi connectivity index (χ3v) is 4.92. The van der Waals surface area contributed by atoms with Gasteiger partial charge in [-0.1, -0.05) is 12.1 Å². The number of ether oxygens (including phenoxy) is 1. The Labute approximate surface area is 146 Å². The van der Waals surface area contributed by atoms with Gasteiger partial charge < -0.3 is 19.6 Å². The maximum Gasteiger partial charge on any atom is 0.305 e. The SMILES string of the molecule is COc1ccccc1N1CC(C(=O)N2CCCC2CC(=O)O)CC1=O. The summed E-state index contributed by atoms with van der Waals surface area (Å²) in [7, 11) is 1.54. The molecule has 25 heavy (non-hydrogen) atoms. The Morgan fingerprint density at radius 1 is 1.32 bits per heavy atom. The molecule has 0 bridgehead atoms. The molecule has 2 heterocycles. The van der Waals surface area contributed by atoms with Gasteiger partial charge in [-0.3, -0.25) is 14.4 Å². The van der Waals surface area contributed by atoms with Crippen LogP contribution in [0.1, 0.15) is 25.7 Å². The molecule has 2 aliphatic rings. The van der Waals surface area contributed by atoms with Crippen molar-refractivity contribution < 1.29 is 24.2 Å². The number of benzene rings is 1. The second-order valence-corrected chi connectivity index (χ2v) is 6.50. The first-order valence-corrected chi connectivity index (χ1v) is 8.47. The molecule has 1 aromatic rings. The highest BCUT2D eigenvalue weighted by atomic mass is 16.5. The number of hydrogen-bond donors (Lipinski definition) is 1. The summed E-state index contributed by atoms with van der Waals surface area (Å²) < 4.78 is 5.31. The summed E-state index contributed by atoms with van der Waals surface area (Å²) in [6.07, 6.45) is 1.62. The number of nitrogens with zero attached hydrogens (tertiary/aromatic N) is 2. The van der Waals surface area contributed by atoms with E-state index in [9.17, 15) is 14.4 Å². The highest BCUT2D eigenvalue weighted by Crippen LogP contribution is 2.34. The van der Waals surface area contributed by atoms with Gasteiger partial charge >= 0.3 is 5.97 Å². The number of carboxylic acids is 1. The third-order valence-electron chi connectivity index (χ3n) is 4.92. The molecule has 0 spiro atoms. The van der Waals surface area contributed by atoms with Gasteiger partial charge in [0.25, 0.3) is 0 Å². The average Bonchev–Trinajstić information content (AvgIpc) is 3.20. The summed E-state index contributed by atoms with van der Waals surface area (Å²) in [6.45, 7) is 0.866. The Morgan fingerprint density at radius 3 is 2.80 bits per heavy atom. The second-order valence-electron chi connectivity index (χ2n) is 6.50. The van der Waals surface area contributed by atoms with Crippen LogP contribution in [-0.4, -0.2) is 54.0 Å². The van der Waals surface area contributed by atoms with Crippen LogP contribution in [0.5, 0.6) is 5.75 Å². The first kappa shape index (κ1) is 17.3. The molecule has 134 valence electrons. The van der Waals surface area contributed by atoms with E-state index >= 15 is 0 Å². The number of para-hydroxylation sites is 2. The fourth-order valence-electron chi connectivity index (χ4n) is 3.73. The normalized spacial score (nSPS) is 23.2. The third kappa shape index (κ3) is 3.45. The van der Waals surface area contributed by atoms with E-state index in [1.165, 1.54) is 0 Å². The molecule has 0 aliphatic carbocycles. The molecule has 2 fully saturated rings. The molecule has 2 atom stereocenters. The van der Waals surface area contributed by atoms with Crippen molar-refractivity contribution in [1.82, 2.24) is 4.90 Å². The van der Waals surface area contributed by atoms with Gasteiger partial charge in [0.05, 0.1) is 25.1 Å². The summed E-state index contributed by atoms with van der Waals surface area (Å²) in [5.41, 5.74) is 0.661. The minimum absolute atomic E-state index is 0.0391. The number of carboxylic acid groups (broad SMARTS) is 1. The van der Waals surface area contributed by atoms with Gasteiger partial charge in [-0.15, -0.1) is 0 Å². The van der Waals surface area contributed by atoms with Gasteiger partial charge in [0.1, 0.15) is 5.75 Å². The smallest absolute Gasteiger partial charge is 0.305 e. The summed E-state index contributed by atoms with van der Waals surface area (Å²) >= 11 is 0. The van der Waals surface area contributed by atoms with Crippen molar-refractivity contribution in [2.75, 3.05) is 25.1 Å². The molecule has 0 aromatic heterocycles. The van der Waals surface area contributed by atoms with Crippen LogP contribution in [0, 0.1) is 5.92 Å². The fourth-order valence-corrected chi connectivity index (χ4v) is 3.73. The summed E-state index contributed by atoms with van der Waals surface area (Å²) in [5, 5.41) is 9.02. The van der Waals surface area contributed by atoms with E-state index in [1.54, 1.807) is 29.0 Å². The number of anilines is 1. The fraction of sp³-hybridized carbons (Fsp3) is 0.500. The van der Waals surface area contributed by atoms with E-state index in [-0.39, 0.29) is 30.7 Å². The Morgan fingerprint density at radius 2 is 2.08 bits per heavy atom. The predicted octanol–water partition coefficient (Wildman–Crippen LogP) is 1.51. The lowest BCUT2D eigenvalue weighted by molar-refractivity contribution is -0.141. The van der Waals surface area contributed by atoms with E-state index < -0.39 is 11.9 Å². The lowest BCUT2D eigenvalue weighted by Gasteiger charge is -2.26. The summed E-state index contributed by atoms with van der Waals surface area (Å²) in [5.74, 6) is -0.977. The number of aliphatic carboxylic acids is 1. The van der Waals surface area contributed by atoms with Crippen molar-refractivity contribution in [3.8, 4) is 5.75 Å². The minimum Gasteiger partial charge on any atom is -0.495 e. The van der Waals surface area contributed by atoms with Crippen molar-refractivity contribution in [2.24, 2.45) is 5.92 Å². The molecule has 2 saturated heterocycles. The van der Waals surface area contributed by atoms with Gasteiger partial charge in [-0.2, -0.15) is 0 Å². The van der Waals surface area contributed by atoms with Gasteiger partial charge in [-0.25, -0.2) is 0 Å². The van der Waals surface area contributed by atoms with Gasteiger partial charge in [0, 0.05) is 25.6 Å². The molecule has 2 amide bonds. The van der Waals surface area contributed by atoms with Crippen LogP contribution in [0.25, 0.3) is 0 Å². The second kappa shape index (κ2) is 7.13. The van der Waals surface area contributed by atoms with Crippen LogP contribution in [0.3, 0.4) is 0 Å². The van der Waals surface area contributed by atoms with E-state index in [4.69, 9.17) is 9.84 Å². The standard InChI is InChI=1S/C18H22N2O5/c1-25-15-7-3-2-6-14(15)20-11-12(9-16(20)21)18(24)19-8-4-5-13(19)10-17(22)23/h2-3,6-7,12-13H,4-5,8-11H2,1H3,(H,22,23). The Hall–Kier alpha value is -2.57. The molecular formula is C18H22N2O5. The zero-order chi connectivity index (χ0) is 18.0. The number of methoxy groups -OCH3 is 1. The summed E-state index contributed by atoms with van der Waals surface area (Å²) in [4.78, 5) is 39.5. The van der Waals surface area contributed by atoms with Crippen LogP contribution in [0.2, 0.25) is 0 Å².